The van der Waals surface area contributed by atoms with Gasteiger partial charge in [0, 0.05) is 22.9 Å². The zero-order valence-corrected chi connectivity index (χ0v) is 25.3. The summed E-state index contributed by atoms with van der Waals surface area (Å²) in [5.41, 5.74) is 5.43. The molecule has 5 rings (SSSR count). The van der Waals surface area contributed by atoms with E-state index in [4.69, 9.17) is 0 Å². The Labute approximate surface area is 260 Å². The average Bonchev–Trinajstić information content (AvgIpc) is 3.64. The van der Waals surface area contributed by atoms with Crippen molar-refractivity contribution in [2.24, 2.45) is 9.98 Å². The van der Waals surface area contributed by atoms with E-state index in [0.29, 0.717) is 21.9 Å². The molecule has 2 amide bonds. The molecule has 1 atom stereocenters. The van der Waals surface area contributed by atoms with Gasteiger partial charge >= 0.3 is 12.4 Å². The van der Waals surface area contributed by atoms with Gasteiger partial charge in [-0.25, -0.2) is 23.8 Å². The fourth-order valence-corrected chi connectivity index (χ4v) is 5.45. The molecule has 232 valence electrons. The van der Waals surface area contributed by atoms with Gasteiger partial charge < -0.3 is 4.74 Å². The number of hydrogen-bond acceptors (Lipinski definition) is 5. The number of thiazole rings is 1. The SMILES string of the molecule is CCCc1ccc(C)cc1-n1c(C)csc1=NC(=O)N=CC(F)c1ccc(-c2ncn(-c3ccc(OC(F)(F)F)cc3)n2)cc1. The van der Waals surface area contributed by atoms with E-state index in [2.05, 4.69) is 49.9 Å². The highest BCUT2D eigenvalue weighted by molar-refractivity contribution is 7.07. The summed E-state index contributed by atoms with van der Waals surface area (Å²) in [7, 11) is 0. The summed E-state index contributed by atoms with van der Waals surface area (Å²) in [5, 5.41) is 6.26. The minimum absolute atomic E-state index is 0.265. The zero-order chi connectivity index (χ0) is 32.1. The van der Waals surface area contributed by atoms with Crippen molar-refractivity contribution in [1.82, 2.24) is 19.3 Å². The highest BCUT2D eigenvalue weighted by Crippen LogP contribution is 2.25. The zero-order valence-electron chi connectivity index (χ0n) is 24.5. The van der Waals surface area contributed by atoms with Crippen LogP contribution in [0.1, 0.15) is 41.9 Å². The number of aliphatic imine (C=N–C) groups is 1. The predicted molar refractivity (Wildman–Crippen MR) is 164 cm³/mol. The lowest BCUT2D eigenvalue weighted by molar-refractivity contribution is -0.274. The second-order valence-corrected chi connectivity index (χ2v) is 11.0. The van der Waals surface area contributed by atoms with E-state index in [1.54, 1.807) is 12.1 Å². The molecule has 0 aliphatic carbocycles. The molecule has 13 heteroatoms. The number of rotatable bonds is 8. The maximum atomic E-state index is 15.0. The average molecular weight is 637 g/mol. The monoisotopic (exact) mass is 636 g/mol. The van der Waals surface area contributed by atoms with Gasteiger partial charge in [-0.1, -0.05) is 49.7 Å². The fourth-order valence-electron chi connectivity index (χ4n) is 4.59. The van der Waals surface area contributed by atoms with Gasteiger partial charge in [0.1, 0.15) is 12.1 Å². The molecule has 2 heterocycles. The number of amides is 2. The number of hydrogen-bond donors (Lipinski definition) is 0. The van der Waals surface area contributed by atoms with E-state index >= 15 is 0 Å². The lowest BCUT2D eigenvalue weighted by atomic mass is 10.1. The summed E-state index contributed by atoms with van der Waals surface area (Å²) < 4.78 is 59.4. The molecule has 0 spiro atoms. The first-order chi connectivity index (χ1) is 21.5. The summed E-state index contributed by atoms with van der Waals surface area (Å²) in [5.74, 6) is -0.0270. The van der Waals surface area contributed by atoms with Crippen molar-refractivity contribution in [3.8, 4) is 28.5 Å². The maximum Gasteiger partial charge on any atom is 0.573 e. The Kier molecular flexibility index (Phi) is 9.37. The minimum Gasteiger partial charge on any atom is -0.406 e. The quantitative estimate of drug-likeness (QED) is 0.127. The maximum absolute atomic E-state index is 15.0. The molecule has 0 N–H and O–H groups in total. The number of carbonyl (C=O) groups is 1. The minimum atomic E-state index is -4.78. The molecule has 5 aromatic rings. The van der Waals surface area contributed by atoms with Crippen molar-refractivity contribution in [1.29, 1.82) is 0 Å². The Hall–Kier alpha value is -4.91. The Morgan fingerprint density at radius 1 is 1.07 bits per heavy atom. The first-order valence-electron chi connectivity index (χ1n) is 13.9. The van der Waals surface area contributed by atoms with E-state index in [1.807, 2.05) is 23.8 Å². The van der Waals surface area contributed by atoms with Crippen LogP contribution >= 0.6 is 11.3 Å². The van der Waals surface area contributed by atoms with Gasteiger partial charge in [0.15, 0.2) is 16.8 Å². The topological polar surface area (TPSA) is 86.7 Å². The fraction of sp³-hybridized carbons (Fsp3) is 0.219. The van der Waals surface area contributed by atoms with E-state index in [9.17, 15) is 22.4 Å². The third-order valence-electron chi connectivity index (χ3n) is 6.70. The second-order valence-electron chi connectivity index (χ2n) is 10.1. The molecule has 1 unspecified atom stereocenters. The van der Waals surface area contributed by atoms with E-state index in [1.165, 1.54) is 58.7 Å². The number of carbonyl (C=O) groups excluding carboxylic acids is 1. The number of alkyl halides is 4. The molecule has 0 aliphatic rings. The van der Waals surface area contributed by atoms with Crippen LogP contribution in [0.4, 0.5) is 22.4 Å². The van der Waals surface area contributed by atoms with Crippen molar-refractivity contribution in [3.63, 3.8) is 0 Å². The largest absolute Gasteiger partial charge is 0.573 e. The standard InChI is InChI=1S/C32H28F4N6O2S/c1-4-5-23-7-6-20(2)16-28(23)42-21(3)18-45-31(42)39-30(43)37-17-27(33)22-8-10-24(11-9-22)29-38-19-41(40-29)25-12-14-26(15-13-25)44-32(34,35)36/h6-19,27H,4-5H2,1-3H3. The highest BCUT2D eigenvalue weighted by Gasteiger charge is 2.31. The first-order valence-corrected chi connectivity index (χ1v) is 14.8. The lowest BCUT2D eigenvalue weighted by Crippen LogP contribution is -2.17. The molecule has 8 nitrogen and oxygen atoms in total. The van der Waals surface area contributed by atoms with Gasteiger partial charge in [-0.15, -0.1) is 29.6 Å². The van der Waals surface area contributed by atoms with E-state index in [0.717, 1.165) is 41.6 Å². The summed E-state index contributed by atoms with van der Waals surface area (Å²) >= 11 is 1.31. The number of ether oxygens (including phenoxy) is 1. The van der Waals surface area contributed by atoms with Crippen LogP contribution in [-0.2, 0) is 6.42 Å². The smallest absolute Gasteiger partial charge is 0.406 e. The molecular weight excluding hydrogens is 608 g/mol. The van der Waals surface area contributed by atoms with Crippen molar-refractivity contribution < 1.29 is 27.1 Å². The first kappa shape index (κ1) is 31.5. The molecule has 0 aliphatic heterocycles. The van der Waals surface area contributed by atoms with Crippen LogP contribution in [0.15, 0.2) is 88.4 Å². The van der Waals surface area contributed by atoms with Gasteiger partial charge in [0.2, 0.25) is 0 Å². The molecule has 0 fully saturated rings. The van der Waals surface area contributed by atoms with Gasteiger partial charge in [-0.2, -0.15) is 4.99 Å². The molecule has 2 aromatic heterocycles. The predicted octanol–water partition coefficient (Wildman–Crippen LogP) is 8.06. The van der Waals surface area contributed by atoms with Crippen molar-refractivity contribution in [3.05, 3.63) is 106 Å². The Balaban J connectivity index is 1.27. The number of aryl methyl sites for hydroxylation is 3. The summed E-state index contributed by atoms with van der Waals surface area (Å²) in [4.78, 5) is 25.2. The normalized spacial score (nSPS) is 13.0. The van der Waals surface area contributed by atoms with Crippen LogP contribution in [-0.4, -0.2) is 37.9 Å². The number of urea groups is 1. The molecule has 3 aromatic carbocycles. The van der Waals surface area contributed by atoms with Gasteiger partial charge in [0.25, 0.3) is 0 Å². The summed E-state index contributed by atoms with van der Waals surface area (Å²) in [6.07, 6.45) is -2.27. The van der Waals surface area contributed by atoms with Crippen LogP contribution < -0.4 is 9.54 Å². The van der Waals surface area contributed by atoms with Crippen molar-refractivity contribution in [2.75, 3.05) is 0 Å². The van der Waals surface area contributed by atoms with Crippen LogP contribution in [0.2, 0.25) is 0 Å². The number of benzene rings is 3. The Morgan fingerprint density at radius 3 is 2.49 bits per heavy atom. The molecular formula is C32H28F4N6O2S. The van der Waals surface area contributed by atoms with E-state index in [-0.39, 0.29) is 11.3 Å². The number of halogens is 4. The lowest BCUT2D eigenvalue weighted by Gasteiger charge is -2.13. The Morgan fingerprint density at radius 2 is 1.80 bits per heavy atom. The number of aromatic nitrogens is 4. The molecule has 0 radical (unpaired) electrons. The highest BCUT2D eigenvalue weighted by atomic mass is 32.1. The van der Waals surface area contributed by atoms with E-state index < -0.39 is 18.6 Å². The van der Waals surface area contributed by atoms with Gasteiger partial charge in [-0.3, -0.25) is 4.57 Å². The molecule has 0 saturated carbocycles. The summed E-state index contributed by atoms with van der Waals surface area (Å²) in [6, 6.07) is 16.9. The van der Waals surface area contributed by atoms with Crippen molar-refractivity contribution in [2.45, 2.75) is 46.1 Å². The number of nitrogens with zero attached hydrogens (tertiary/aromatic N) is 6. The van der Waals surface area contributed by atoms with Crippen molar-refractivity contribution >= 4 is 23.6 Å². The van der Waals surface area contributed by atoms with Gasteiger partial charge in [0.05, 0.1) is 11.4 Å². The third-order valence-corrected chi connectivity index (χ3v) is 7.64. The van der Waals surface area contributed by atoms with Crippen LogP contribution in [0, 0.1) is 13.8 Å². The van der Waals surface area contributed by atoms with Crippen LogP contribution in [0.5, 0.6) is 5.75 Å². The van der Waals surface area contributed by atoms with Crippen LogP contribution in [0.3, 0.4) is 0 Å². The van der Waals surface area contributed by atoms with Crippen LogP contribution in [0.25, 0.3) is 22.8 Å². The Bertz CT molecular complexity index is 1890. The molecule has 0 saturated heterocycles. The molecule has 0 bridgehead atoms. The summed E-state index contributed by atoms with van der Waals surface area (Å²) in [6.45, 7) is 6.06. The third kappa shape index (κ3) is 7.79. The molecule has 45 heavy (non-hydrogen) atoms. The van der Waals surface area contributed by atoms with Gasteiger partial charge in [-0.05, 0) is 67.3 Å². The second kappa shape index (κ2) is 13.4.